The fraction of sp³-hybridized carbons (Fsp3) is 0.706. The number of carbonyl (C=O) groups excluding carboxylic acids is 1. The monoisotopic (exact) mass is 318 g/mol. The first-order valence-corrected chi connectivity index (χ1v) is 8.47. The molecule has 1 fully saturated rings. The van der Waals surface area contributed by atoms with E-state index in [0.29, 0.717) is 25.5 Å². The Labute approximate surface area is 137 Å². The molecule has 3 heterocycles. The Bertz CT molecular complexity index is 556. The van der Waals surface area contributed by atoms with Gasteiger partial charge in [-0.2, -0.15) is 0 Å². The van der Waals surface area contributed by atoms with Crippen LogP contribution in [-0.2, 0) is 22.5 Å². The summed E-state index contributed by atoms with van der Waals surface area (Å²) in [6, 6.07) is 0. The zero-order valence-corrected chi connectivity index (χ0v) is 14.1. The first-order chi connectivity index (χ1) is 11.2. The minimum absolute atomic E-state index is 0.150. The third-order valence-corrected chi connectivity index (χ3v) is 4.91. The van der Waals surface area contributed by atoms with E-state index in [0.717, 1.165) is 56.0 Å². The minimum Gasteiger partial charge on any atom is -0.384 e. The van der Waals surface area contributed by atoms with Gasteiger partial charge >= 0.3 is 0 Å². The summed E-state index contributed by atoms with van der Waals surface area (Å²) in [6.07, 6.45) is 5.48. The molecule has 0 radical (unpaired) electrons. The van der Waals surface area contributed by atoms with Crippen molar-refractivity contribution in [1.29, 1.82) is 0 Å². The van der Waals surface area contributed by atoms with Crippen LogP contribution in [0.4, 0.5) is 0 Å². The normalized spacial score (nSPS) is 19.7. The lowest BCUT2D eigenvalue weighted by Crippen LogP contribution is -2.37. The van der Waals surface area contributed by atoms with Gasteiger partial charge in [0.1, 0.15) is 5.82 Å². The van der Waals surface area contributed by atoms with Gasteiger partial charge in [0.25, 0.3) is 0 Å². The molecule has 126 valence electrons. The maximum absolute atomic E-state index is 12.1. The highest BCUT2D eigenvalue weighted by Crippen LogP contribution is 2.26. The number of carbonyl (C=O) groups is 1. The van der Waals surface area contributed by atoms with E-state index in [1.165, 1.54) is 0 Å². The zero-order chi connectivity index (χ0) is 16.2. The number of nitrogens with zero attached hydrogens (tertiary/aromatic N) is 4. The van der Waals surface area contributed by atoms with Crippen molar-refractivity contribution in [3.63, 3.8) is 0 Å². The number of likely N-dealkylation sites (tertiary alicyclic amines) is 1. The van der Waals surface area contributed by atoms with E-state index < -0.39 is 0 Å². The SMILES string of the molecule is COCCC(=O)N1CCc2nc(C3CCN(C)CC3)ncc2C1. The largest absolute Gasteiger partial charge is 0.384 e. The molecule has 0 unspecified atom stereocenters. The fourth-order valence-corrected chi connectivity index (χ4v) is 3.36. The Morgan fingerprint density at radius 2 is 2.13 bits per heavy atom. The van der Waals surface area contributed by atoms with Gasteiger partial charge < -0.3 is 14.5 Å². The van der Waals surface area contributed by atoms with Gasteiger partial charge in [-0.1, -0.05) is 0 Å². The van der Waals surface area contributed by atoms with E-state index in [1.807, 2.05) is 11.1 Å². The fourth-order valence-electron chi connectivity index (χ4n) is 3.36. The Morgan fingerprint density at radius 3 is 2.87 bits per heavy atom. The Balaban J connectivity index is 1.65. The van der Waals surface area contributed by atoms with E-state index in [2.05, 4.69) is 16.9 Å². The second kappa shape index (κ2) is 7.36. The van der Waals surface area contributed by atoms with Crippen molar-refractivity contribution >= 4 is 5.91 Å². The molecule has 3 rings (SSSR count). The molecular formula is C17H26N4O2. The minimum atomic E-state index is 0.150. The van der Waals surface area contributed by atoms with Gasteiger partial charge in [0.05, 0.1) is 18.7 Å². The topological polar surface area (TPSA) is 58.6 Å². The lowest BCUT2D eigenvalue weighted by atomic mass is 9.95. The van der Waals surface area contributed by atoms with E-state index >= 15 is 0 Å². The van der Waals surface area contributed by atoms with Crippen molar-refractivity contribution < 1.29 is 9.53 Å². The molecule has 0 N–H and O–H groups in total. The van der Waals surface area contributed by atoms with Gasteiger partial charge in [-0.3, -0.25) is 4.79 Å². The molecule has 1 amide bonds. The second-order valence-corrected chi connectivity index (χ2v) is 6.59. The maximum Gasteiger partial charge on any atom is 0.225 e. The summed E-state index contributed by atoms with van der Waals surface area (Å²) in [5.74, 6) is 1.63. The van der Waals surface area contributed by atoms with Crippen molar-refractivity contribution in [2.45, 2.75) is 38.1 Å². The standard InChI is InChI=1S/C17H26N4O2/c1-20-7-3-13(4-8-20)17-18-11-14-12-21(9-5-15(14)19-17)16(22)6-10-23-2/h11,13H,3-10,12H2,1-2H3. The summed E-state index contributed by atoms with van der Waals surface area (Å²) in [5, 5.41) is 0. The van der Waals surface area contributed by atoms with Crippen LogP contribution in [-0.4, -0.2) is 66.1 Å². The van der Waals surface area contributed by atoms with E-state index in [-0.39, 0.29) is 5.91 Å². The van der Waals surface area contributed by atoms with Crippen molar-refractivity contribution in [1.82, 2.24) is 19.8 Å². The zero-order valence-electron chi connectivity index (χ0n) is 14.1. The number of aromatic nitrogens is 2. The quantitative estimate of drug-likeness (QED) is 0.835. The van der Waals surface area contributed by atoms with Crippen LogP contribution in [0.15, 0.2) is 6.20 Å². The van der Waals surface area contributed by atoms with E-state index in [4.69, 9.17) is 9.72 Å². The van der Waals surface area contributed by atoms with Crippen LogP contribution in [0.1, 0.15) is 42.3 Å². The molecule has 0 spiro atoms. The van der Waals surface area contributed by atoms with Crippen molar-refractivity contribution in [2.75, 3.05) is 40.4 Å². The van der Waals surface area contributed by atoms with Gasteiger partial charge in [-0.15, -0.1) is 0 Å². The smallest absolute Gasteiger partial charge is 0.225 e. The highest BCUT2D eigenvalue weighted by atomic mass is 16.5. The lowest BCUT2D eigenvalue weighted by molar-refractivity contribution is -0.133. The average Bonchev–Trinajstić information content (AvgIpc) is 2.59. The third kappa shape index (κ3) is 3.87. The molecule has 23 heavy (non-hydrogen) atoms. The average molecular weight is 318 g/mol. The third-order valence-electron chi connectivity index (χ3n) is 4.91. The summed E-state index contributed by atoms with van der Waals surface area (Å²) >= 11 is 0. The Hall–Kier alpha value is -1.53. The number of hydrogen-bond acceptors (Lipinski definition) is 5. The summed E-state index contributed by atoms with van der Waals surface area (Å²) in [5.41, 5.74) is 2.23. The van der Waals surface area contributed by atoms with Crippen molar-refractivity contribution in [2.24, 2.45) is 0 Å². The molecule has 0 aliphatic carbocycles. The number of hydrogen-bond donors (Lipinski definition) is 0. The molecule has 1 aromatic rings. The van der Waals surface area contributed by atoms with Crippen LogP contribution in [0.3, 0.4) is 0 Å². The first-order valence-electron chi connectivity index (χ1n) is 8.47. The number of fused-ring (bicyclic) bond motifs is 1. The van der Waals surface area contributed by atoms with Crippen LogP contribution in [0.25, 0.3) is 0 Å². The van der Waals surface area contributed by atoms with Gasteiger partial charge in [0.15, 0.2) is 0 Å². The van der Waals surface area contributed by atoms with E-state index in [9.17, 15) is 4.79 Å². The second-order valence-electron chi connectivity index (χ2n) is 6.59. The van der Waals surface area contributed by atoms with Crippen molar-refractivity contribution in [3.8, 4) is 0 Å². The molecule has 1 aromatic heterocycles. The van der Waals surface area contributed by atoms with Gasteiger partial charge in [-0.25, -0.2) is 9.97 Å². The lowest BCUT2D eigenvalue weighted by Gasteiger charge is -2.30. The number of ether oxygens (including phenoxy) is 1. The summed E-state index contributed by atoms with van der Waals surface area (Å²) in [6.45, 7) is 4.10. The molecule has 0 atom stereocenters. The molecule has 6 nitrogen and oxygen atoms in total. The number of piperidine rings is 1. The van der Waals surface area contributed by atoms with E-state index in [1.54, 1.807) is 7.11 Å². The highest BCUT2D eigenvalue weighted by Gasteiger charge is 2.25. The van der Waals surface area contributed by atoms with Crippen LogP contribution < -0.4 is 0 Å². The summed E-state index contributed by atoms with van der Waals surface area (Å²) < 4.78 is 4.99. The molecular weight excluding hydrogens is 292 g/mol. The van der Waals surface area contributed by atoms with Crippen LogP contribution in [0, 0.1) is 0 Å². The summed E-state index contributed by atoms with van der Waals surface area (Å²) in [7, 11) is 3.79. The van der Waals surface area contributed by atoms with Crippen LogP contribution in [0.5, 0.6) is 0 Å². The highest BCUT2D eigenvalue weighted by molar-refractivity contribution is 5.76. The van der Waals surface area contributed by atoms with Gasteiger partial charge in [0.2, 0.25) is 5.91 Å². The molecule has 0 aromatic carbocycles. The van der Waals surface area contributed by atoms with Crippen LogP contribution in [0.2, 0.25) is 0 Å². The van der Waals surface area contributed by atoms with Crippen LogP contribution >= 0.6 is 0 Å². The van der Waals surface area contributed by atoms with Gasteiger partial charge in [-0.05, 0) is 33.0 Å². The number of rotatable bonds is 4. The molecule has 0 saturated carbocycles. The number of amides is 1. The summed E-state index contributed by atoms with van der Waals surface area (Å²) in [4.78, 5) is 25.8. The molecule has 0 bridgehead atoms. The Kier molecular flexibility index (Phi) is 5.23. The Morgan fingerprint density at radius 1 is 1.35 bits per heavy atom. The molecule has 2 aliphatic rings. The predicted molar refractivity (Wildman–Crippen MR) is 87.1 cm³/mol. The molecule has 6 heteroatoms. The predicted octanol–water partition coefficient (Wildman–Crippen LogP) is 1.21. The first kappa shape index (κ1) is 16.3. The molecule has 1 saturated heterocycles. The molecule has 2 aliphatic heterocycles. The maximum atomic E-state index is 12.1. The van der Waals surface area contributed by atoms with Crippen molar-refractivity contribution in [3.05, 3.63) is 23.3 Å². The van der Waals surface area contributed by atoms with Gasteiger partial charge in [0, 0.05) is 44.3 Å². The number of methoxy groups -OCH3 is 1.